The highest BCUT2D eigenvalue weighted by Gasteiger charge is 2.19. The van der Waals surface area contributed by atoms with Gasteiger partial charge in [-0.15, -0.1) is 0 Å². The minimum atomic E-state index is 0.309. The van der Waals surface area contributed by atoms with Gasteiger partial charge in [0.15, 0.2) is 0 Å². The van der Waals surface area contributed by atoms with Crippen molar-refractivity contribution in [3.63, 3.8) is 0 Å². The molecular weight excluding hydrogens is 222 g/mol. The minimum Gasteiger partial charge on any atom is -0.383 e. The summed E-state index contributed by atoms with van der Waals surface area (Å²) in [7, 11) is 0. The average molecular weight is 243 g/mol. The molecule has 18 heavy (non-hydrogen) atoms. The third-order valence-corrected chi connectivity index (χ3v) is 3.62. The van der Waals surface area contributed by atoms with Gasteiger partial charge in [0.05, 0.1) is 17.4 Å². The van der Waals surface area contributed by atoms with Crippen LogP contribution in [0.1, 0.15) is 27.7 Å². The van der Waals surface area contributed by atoms with E-state index in [1.54, 1.807) is 6.20 Å². The van der Waals surface area contributed by atoms with Gasteiger partial charge in [-0.1, -0.05) is 45.9 Å². The van der Waals surface area contributed by atoms with E-state index in [-0.39, 0.29) is 0 Å². The van der Waals surface area contributed by atoms with Crippen molar-refractivity contribution < 1.29 is 0 Å². The number of rotatable bonds is 3. The topological polar surface area (TPSA) is 37.8 Å². The number of fused-ring (bicyclic) bond motifs is 1. The molecule has 3 nitrogen and oxygen atoms in total. The Kier molecular flexibility index (Phi) is 3.50. The quantitative estimate of drug-likeness (QED) is 0.892. The van der Waals surface area contributed by atoms with Gasteiger partial charge in [-0.3, -0.25) is 0 Å². The van der Waals surface area contributed by atoms with Crippen LogP contribution in [0.5, 0.6) is 0 Å². The van der Waals surface area contributed by atoms with Crippen LogP contribution in [0.3, 0.4) is 0 Å². The van der Waals surface area contributed by atoms with E-state index in [9.17, 15) is 0 Å². The Bertz CT molecular complexity index is 523. The summed E-state index contributed by atoms with van der Waals surface area (Å²) in [6.45, 7) is 10.0. The number of nitrogens with one attached hydrogen (secondary N) is 1. The smallest absolute Gasteiger partial charge is 0.0950 e. The predicted molar refractivity (Wildman–Crippen MR) is 76.6 cm³/mol. The molecule has 1 N–H and O–H groups in total. The summed E-state index contributed by atoms with van der Waals surface area (Å²) in [5, 5.41) is 12.8. The Morgan fingerprint density at radius 1 is 1.22 bits per heavy atom. The monoisotopic (exact) mass is 243 g/mol. The van der Waals surface area contributed by atoms with Crippen molar-refractivity contribution in [1.82, 2.24) is 10.2 Å². The third kappa shape index (κ3) is 2.78. The molecule has 0 radical (unpaired) electrons. The SMILES string of the molecule is CC(CNc1cnnc2ccccc12)C(C)(C)C. The molecule has 0 saturated carbocycles. The van der Waals surface area contributed by atoms with Crippen molar-refractivity contribution >= 4 is 16.6 Å². The maximum Gasteiger partial charge on any atom is 0.0950 e. The van der Waals surface area contributed by atoms with Gasteiger partial charge in [-0.2, -0.15) is 10.2 Å². The van der Waals surface area contributed by atoms with Gasteiger partial charge in [0.1, 0.15) is 0 Å². The largest absolute Gasteiger partial charge is 0.383 e. The molecule has 96 valence electrons. The first-order valence-electron chi connectivity index (χ1n) is 6.43. The molecule has 2 aromatic rings. The van der Waals surface area contributed by atoms with Crippen molar-refractivity contribution in [2.24, 2.45) is 11.3 Å². The summed E-state index contributed by atoms with van der Waals surface area (Å²) in [4.78, 5) is 0. The molecule has 0 aliphatic rings. The van der Waals surface area contributed by atoms with E-state index in [4.69, 9.17) is 0 Å². The second-order valence-electron chi connectivity index (χ2n) is 5.92. The zero-order valence-corrected chi connectivity index (χ0v) is 11.6. The first-order chi connectivity index (χ1) is 8.48. The van der Waals surface area contributed by atoms with Crippen molar-refractivity contribution in [2.75, 3.05) is 11.9 Å². The molecule has 1 aromatic heterocycles. The van der Waals surface area contributed by atoms with E-state index in [1.165, 1.54) is 0 Å². The molecule has 1 atom stereocenters. The lowest BCUT2D eigenvalue weighted by atomic mass is 9.82. The van der Waals surface area contributed by atoms with Crippen molar-refractivity contribution in [3.8, 4) is 0 Å². The summed E-state index contributed by atoms with van der Waals surface area (Å²) in [5.41, 5.74) is 2.31. The fourth-order valence-corrected chi connectivity index (χ4v) is 1.72. The summed E-state index contributed by atoms with van der Waals surface area (Å²) in [6.07, 6.45) is 1.80. The van der Waals surface area contributed by atoms with Gasteiger partial charge < -0.3 is 5.32 Å². The maximum absolute atomic E-state index is 4.13. The Labute approximate surface area is 109 Å². The minimum absolute atomic E-state index is 0.309. The number of anilines is 1. The molecule has 1 heterocycles. The average Bonchev–Trinajstić information content (AvgIpc) is 2.34. The first-order valence-corrected chi connectivity index (χ1v) is 6.43. The normalized spacial score (nSPS) is 13.6. The lowest BCUT2D eigenvalue weighted by Crippen LogP contribution is -2.24. The molecule has 3 heteroatoms. The van der Waals surface area contributed by atoms with Gasteiger partial charge in [0.25, 0.3) is 0 Å². The van der Waals surface area contributed by atoms with Crippen molar-refractivity contribution in [2.45, 2.75) is 27.7 Å². The van der Waals surface area contributed by atoms with Gasteiger partial charge in [-0.25, -0.2) is 0 Å². The van der Waals surface area contributed by atoms with Crippen LogP contribution in [0, 0.1) is 11.3 Å². The molecule has 2 rings (SSSR count). The van der Waals surface area contributed by atoms with Crippen LogP contribution >= 0.6 is 0 Å². The highest BCUT2D eigenvalue weighted by atomic mass is 15.1. The van der Waals surface area contributed by atoms with E-state index in [0.29, 0.717) is 11.3 Å². The van der Waals surface area contributed by atoms with Crippen LogP contribution < -0.4 is 5.32 Å². The molecule has 1 unspecified atom stereocenters. The highest BCUT2D eigenvalue weighted by molar-refractivity contribution is 5.90. The Morgan fingerprint density at radius 3 is 2.67 bits per heavy atom. The maximum atomic E-state index is 4.13. The van der Waals surface area contributed by atoms with Crippen LogP contribution in [0.4, 0.5) is 5.69 Å². The van der Waals surface area contributed by atoms with Gasteiger partial charge >= 0.3 is 0 Å². The summed E-state index contributed by atoms with van der Waals surface area (Å²) in [5.74, 6) is 0.587. The first kappa shape index (κ1) is 12.8. The van der Waals surface area contributed by atoms with Crippen LogP contribution in [0.25, 0.3) is 10.9 Å². The number of aromatic nitrogens is 2. The molecule has 1 aromatic carbocycles. The van der Waals surface area contributed by atoms with Crippen LogP contribution in [-0.4, -0.2) is 16.7 Å². The molecule has 0 spiro atoms. The summed E-state index contributed by atoms with van der Waals surface area (Å²) in [6, 6.07) is 8.08. The fourth-order valence-electron chi connectivity index (χ4n) is 1.72. The number of benzene rings is 1. The lowest BCUT2D eigenvalue weighted by molar-refractivity contribution is 0.274. The number of hydrogen-bond acceptors (Lipinski definition) is 3. The third-order valence-electron chi connectivity index (χ3n) is 3.62. The summed E-state index contributed by atoms with van der Waals surface area (Å²) >= 11 is 0. The van der Waals surface area contributed by atoms with E-state index in [2.05, 4.69) is 49.3 Å². The van der Waals surface area contributed by atoms with E-state index in [1.807, 2.05) is 18.2 Å². The molecule has 0 saturated heterocycles. The Hall–Kier alpha value is -1.64. The zero-order chi connectivity index (χ0) is 13.2. The van der Waals surface area contributed by atoms with E-state index in [0.717, 1.165) is 23.1 Å². The molecule has 0 fully saturated rings. The van der Waals surface area contributed by atoms with Crippen molar-refractivity contribution in [3.05, 3.63) is 30.5 Å². The molecule has 0 aliphatic carbocycles. The Balaban J connectivity index is 2.18. The predicted octanol–water partition coefficient (Wildman–Crippen LogP) is 3.72. The van der Waals surface area contributed by atoms with Crippen molar-refractivity contribution in [1.29, 1.82) is 0 Å². The second kappa shape index (κ2) is 4.92. The van der Waals surface area contributed by atoms with Crippen LogP contribution in [0.2, 0.25) is 0 Å². The highest BCUT2D eigenvalue weighted by Crippen LogP contribution is 2.26. The lowest BCUT2D eigenvalue weighted by Gasteiger charge is -2.27. The van der Waals surface area contributed by atoms with Gasteiger partial charge in [0, 0.05) is 11.9 Å². The van der Waals surface area contributed by atoms with E-state index >= 15 is 0 Å². The standard InChI is InChI=1S/C15H21N3/c1-11(15(2,3)4)9-16-14-10-17-18-13-8-6-5-7-12(13)14/h5-8,10-11H,9H2,1-4H3,(H,16,18). The molecule has 0 bridgehead atoms. The van der Waals surface area contributed by atoms with Crippen LogP contribution in [-0.2, 0) is 0 Å². The summed E-state index contributed by atoms with van der Waals surface area (Å²) < 4.78 is 0. The Morgan fingerprint density at radius 2 is 1.94 bits per heavy atom. The van der Waals surface area contributed by atoms with E-state index < -0.39 is 0 Å². The van der Waals surface area contributed by atoms with Gasteiger partial charge in [0.2, 0.25) is 0 Å². The number of hydrogen-bond donors (Lipinski definition) is 1. The molecular formula is C15H21N3. The molecule has 0 amide bonds. The second-order valence-corrected chi connectivity index (χ2v) is 5.92. The van der Waals surface area contributed by atoms with Gasteiger partial charge in [-0.05, 0) is 17.4 Å². The number of nitrogens with zero attached hydrogens (tertiary/aromatic N) is 2. The fraction of sp³-hybridized carbons (Fsp3) is 0.467. The van der Waals surface area contributed by atoms with Crippen LogP contribution in [0.15, 0.2) is 30.5 Å². The molecule has 0 aliphatic heterocycles. The zero-order valence-electron chi connectivity index (χ0n) is 11.6.